The average molecular weight is 456 g/mol. The van der Waals surface area contributed by atoms with E-state index in [0.29, 0.717) is 24.5 Å². The molecule has 0 bridgehead atoms. The molecule has 166 valence electrons. The second-order valence-electron chi connectivity index (χ2n) is 6.78. The van der Waals surface area contributed by atoms with Crippen LogP contribution in [0.15, 0.2) is 30.3 Å². The fourth-order valence-corrected chi connectivity index (χ4v) is 3.52. The van der Waals surface area contributed by atoms with Crippen molar-refractivity contribution in [3.8, 4) is 11.5 Å². The van der Waals surface area contributed by atoms with E-state index in [2.05, 4.69) is 5.32 Å². The first kappa shape index (κ1) is 24.1. The highest BCUT2D eigenvalue weighted by atomic mass is 35.5. The van der Waals surface area contributed by atoms with Crippen LogP contribution in [-0.4, -0.2) is 20.8 Å². The number of alkyl halides is 6. The average Bonchev–Trinajstić information content (AvgIpc) is 2.65. The lowest BCUT2D eigenvalue weighted by molar-refractivity contribution is -0.143. The van der Waals surface area contributed by atoms with Gasteiger partial charge in [0.15, 0.2) is 11.5 Å². The Balaban J connectivity index is 0.00000320. The van der Waals surface area contributed by atoms with Gasteiger partial charge in [-0.3, -0.25) is 0 Å². The topological polar surface area (TPSA) is 30.5 Å². The quantitative estimate of drug-likeness (QED) is 0.609. The maximum Gasteiger partial charge on any atom is 0.416 e. The Morgan fingerprint density at radius 2 is 1.40 bits per heavy atom. The molecular weight excluding hydrogens is 436 g/mol. The SMILES string of the molecule is COc1cc2c(cc1OC)C(Cc1cc(C(F)(F)F)cc(C(F)(F)F)c1)NCC2.Cl. The molecule has 1 atom stereocenters. The lowest BCUT2D eigenvalue weighted by atomic mass is 9.89. The van der Waals surface area contributed by atoms with Crippen LogP contribution < -0.4 is 14.8 Å². The molecule has 1 aliphatic rings. The van der Waals surface area contributed by atoms with Gasteiger partial charge >= 0.3 is 12.4 Å². The first-order valence-electron chi connectivity index (χ1n) is 8.79. The second-order valence-corrected chi connectivity index (χ2v) is 6.78. The molecule has 0 amide bonds. The number of methoxy groups -OCH3 is 2. The molecule has 30 heavy (non-hydrogen) atoms. The van der Waals surface area contributed by atoms with E-state index >= 15 is 0 Å². The normalized spacial score (nSPS) is 16.5. The van der Waals surface area contributed by atoms with Crippen LogP contribution in [0.1, 0.15) is 33.9 Å². The summed E-state index contributed by atoms with van der Waals surface area (Å²) >= 11 is 0. The summed E-state index contributed by atoms with van der Waals surface area (Å²) in [6.07, 6.45) is -9.12. The summed E-state index contributed by atoms with van der Waals surface area (Å²) in [5.41, 5.74) is -1.00. The van der Waals surface area contributed by atoms with Crippen molar-refractivity contribution in [2.24, 2.45) is 0 Å². The van der Waals surface area contributed by atoms with Crippen LogP contribution >= 0.6 is 12.4 Å². The molecule has 10 heteroatoms. The number of hydrogen-bond donors (Lipinski definition) is 1. The standard InChI is InChI=1S/C20H19F6NO2.ClH/c1-28-17-8-12-3-4-27-16(15(12)10-18(17)29-2)7-11-5-13(19(21,22)23)9-14(6-11)20(24,25)26;/h5-6,8-10,16,27H,3-4,7H2,1-2H3;1H. The van der Waals surface area contributed by atoms with E-state index in [4.69, 9.17) is 9.47 Å². The molecule has 1 unspecified atom stereocenters. The minimum absolute atomic E-state index is 0. The number of benzene rings is 2. The van der Waals surface area contributed by atoms with Crippen LogP contribution in [0.5, 0.6) is 11.5 Å². The lowest BCUT2D eigenvalue weighted by Crippen LogP contribution is -2.31. The van der Waals surface area contributed by atoms with Gasteiger partial charge in [0, 0.05) is 6.04 Å². The third-order valence-corrected chi connectivity index (χ3v) is 4.89. The van der Waals surface area contributed by atoms with Crippen LogP contribution in [-0.2, 0) is 25.2 Å². The van der Waals surface area contributed by atoms with Gasteiger partial charge in [0.05, 0.1) is 25.3 Å². The smallest absolute Gasteiger partial charge is 0.416 e. The molecule has 1 N–H and O–H groups in total. The molecule has 2 aromatic rings. The predicted octanol–water partition coefficient (Wildman–Crippen LogP) is 5.59. The van der Waals surface area contributed by atoms with Gasteiger partial charge in [0.25, 0.3) is 0 Å². The Morgan fingerprint density at radius 3 is 1.90 bits per heavy atom. The summed E-state index contributed by atoms with van der Waals surface area (Å²) in [7, 11) is 2.95. The maximum atomic E-state index is 13.1. The van der Waals surface area contributed by atoms with Crippen LogP contribution in [0.2, 0.25) is 0 Å². The van der Waals surface area contributed by atoms with Gasteiger partial charge in [-0.25, -0.2) is 0 Å². The fourth-order valence-electron chi connectivity index (χ4n) is 3.52. The Morgan fingerprint density at radius 1 is 0.867 bits per heavy atom. The summed E-state index contributed by atoms with van der Waals surface area (Å²) < 4.78 is 89.3. The van der Waals surface area contributed by atoms with Crippen molar-refractivity contribution in [2.75, 3.05) is 20.8 Å². The number of nitrogens with one attached hydrogen (secondary N) is 1. The van der Waals surface area contributed by atoms with Crippen molar-refractivity contribution >= 4 is 12.4 Å². The third kappa shape index (κ3) is 5.13. The molecule has 1 aliphatic heterocycles. The zero-order valence-electron chi connectivity index (χ0n) is 16.1. The number of fused-ring (bicyclic) bond motifs is 1. The molecule has 0 aliphatic carbocycles. The van der Waals surface area contributed by atoms with Gasteiger partial charge in [-0.15, -0.1) is 12.4 Å². The zero-order valence-corrected chi connectivity index (χ0v) is 16.9. The van der Waals surface area contributed by atoms with Crippen molar-refractivity contribution in [3.63, 3.8) is 0 Å². The van der Waals surface area contributed by atoms with Crippen molar-refractivity contribution in [1.82, 2.24) is 5.32 Å². The first-order chi connectivity index (χ1) is 13.5. The maximum absolute atomic E-state index is 13.1. The first-order valence-corrected chi connectivity index (χ1v) is 8.79. The van der Waals surface area contributed by atoms with Gasteiger partial charge in [-0.1, -0.05) is 0 Å². The lowest BCUT2D eigenvalue weighted by Gasteiger charge is -2.28. The molecular formula is C20H20ClF6NO2. The van der Waals surface area contributed by atoms with Crippen molar-refractivity contribution in [1.29, 1.82) is 0 Å². The van der Waals surface area contributed by atoms with E-state index in [0.717, 1.165) is 23.3 Å². The van der Waals surface area contributed by atoms with E-state index in [1.807, 2.05) is 0 Å². The highest BCUT2D eigenvalue weighted by Gasteiger charge is 2.37. The zero-order chi connectivity index (χ0) is 21.4. The highest BCUT2D eigenvalue weighted by molar-refractivity contribution is 5.85. The molecule has 3 rings (SSSR count). The van der Waals surface area contributed by atoms with Crippen LogP contribution in [0, 0.1) is 0 Å². The van der Waals surface area contributed by atoms with Crippen molar-refractivity contribution in [2.45, 2.75) is 31.2 Å². The molecule has 0 spiro atoms. The highest BCUT2D eigenvalue weighted by Crippen LogP contribution is 2.39. The minimum Gasteiger partial charge on any atom is -0.493 e. The Bertz CT molecular complexity index is 866. The van der Waals surface area contributed by atoms with Crippen molar-refractivity contribution in [3.05, 3.63) is 58.1 Å². The molecule has 3 nitrogen and oxygen atoms in total. The van der Waals surface area contributed by atoms with Crippen LogP contribution in [0.25, 0.3) is 0 Å². The third-order valence-electron chi connectivity index (χ3n) is 4.89. The van der Waals surface area contributed by atoms with Gasteiger partial charge < -0.3 is 14.8 Å². The summed E-state index contributed by atoms with van der Waals surface area (Å²) in [6.45, 7) is 0.540. The van der Waals surface area contributed by atoms with Gasteiger partial charge in [0.2, 0.25) is 0 Å². The van der Waals surface area contributed by atoms with E-state index < -0.39 is 29.5 Å². The molecule has 1 heterocycles. The summed E-state index contributed by atoms with van der Waals surface area (Å²) in [5.74, 6) is 0.963. The summed E-state index contributed by atoms with van der Waals surface area (Å²) in [5, 5.41) is 3.17. The largest absolute Gasteiger partial charge is 0.493 e. The Hall–Kier alpha value is -2.13. The Labute approximate surface area is 175 Å². The van der Waals surface area contributed by atoms with Gasteiger partial charge in [0.1, 0.15) is 0 Å². The second kappa shape index (κ2) is 8.93. The molecule has 0 radical (unpaired) electrons. The fraction of sp³-hybridized carbons (Fsp3) is 0.400. The van der Waals surface area contributed by atoms with Gasteiger partial charge in [-0.05, 0) is 66.4 Å². The molecule has 0 aromatic heterocycles. The minimum atomic E-state index is -4.87. The molecule has 0 saturated heterocycles. The molecule has 2 aromatic carbocycles. The summed E-state index contributed by atoms with van der Waals surface area (Å²) in [4.78, 5) is 0. The number of hydrogen-bond acceptors (Lipinski definition) is 3. The Kier molecular flexibility index (Phi) is 7.19. The monoisotopic (exact) mass is 455 g/mol. The summed E-state index contributed by atoms with van der Waals surface area (Å²) in [6, 6.07) is 4.72. The van der Waals surface area contributed by atoms with Crippen LogP contribution in [0.4, 0.5) is 26.3 Å². The molecule has 0 saturated carbocycles. The van der Waals surface area contributed by atoms with Crippen molar-refractivity contribution < 1.29 is 35.8 Å². The number of halogens is 7. The van der Waals surface area contributed by atoms with E-state index in [-0.39, 0.29) is 30.5 Å². The van der Waals surface area contributed by atoms with E-state index in [1.165, 1.54) is 14.2 Å². The number of rotatable bonds is 4. The van der Waals surface area contributed by atoms with Gasteiger partial charge in [-0.2, -0.15) is 26.3 Å². The molecule has 0 fully saturated rings. The van der Waals surface area contributed by atoms with E-state index in [9.17, 15) is 26.3 Å². The van der Waals surface area contributed by atoms with Crippen LogP contribution in [0.3, 0.4) is 0 Å². The predicted molar refractivity (Wildman–Crippen MR) is 101 cm³/mol. The number of ether oxygens (including phenoxy) is 2. The van der Waals surface area contributed by atoms with E-state index in [1.54, 1.807) is 12.1 Å².